The van der Waals surface area contributed by atoms with E-state index < -0.39 is 22.0 Å². The van der Waals surface area contributed by atoms with Gasteiger partial charge in [0.15, 0.2) is 0 Å². The number of rotatable bonds is 9. The first-order valence-corrected chi connectivity index (χ1v) is 11.0. The van der Waals surface area contributed by atoms with Crippen LogP contribution in [-0.2, 0) is 14.8 Å². The van der Waals surface area contributed by atoms with Crippen LogP contribution in [0.25, 0.3) is 0 Å². The molecule has 4 N–H and O–H groups in total. The minimum absolute atomic E-state index is 0.100. The number of carbonyl (C=O) groups is 1. The first-order valence-electron chi connectivity index (χ1n) is 8.77. The van der Waals surface area contributed by atoms with E-state index in [9.17, 15) is 13.2 Å². The highest BCUT2D eigenvalue weighted by atomic mass is 35.5. The fraction of sp³-hybridized carbons (Fsp3) is 0.316. The number of nitrogens with two attached hydrogens (primary N) is 1. The second-order valence-corrected chi connectivity index (χ2v) is 9.01. The Morgan fingerprint density at radius 1 is 1.07 bits per heavy atom. The summed E-state index contributed by atoms with van der Waals surface area (Å²) in [4.78, 5) is 12.6. The maximum Gasteiger partial charge on any atom is 0.242 e. The van der Waals surface area contributed by atoms with Gasteiger partial charge in [-0.1, -0.05) is 47.3 Å². The molecule has 0 radical (unpaired) electrons. The molecule has 0 heterocycles. The first kappa shape index (κ1) is 22.6. The van der Waals surface area contributed by atoms with E-state index in [-0.39, 0.29) is 14.9 Å². The summed E-state index contributed by atoms with van der Waals surface area (Å²) in [6.07, 6.45) is 1.59. The molecule has 0 saturated heterocycles. The number of sulfonamides is 1. The lowest BCUT2D eigenvalue weighted by molar-refractivity contribution is -0.117. The lowest BCUT2D eigenvalue weighted by atomic mass is 10.1. The minimum Gasteiger partial charge on any atom is -0.330 e. The van der Waals surface area contributed by atoms with Gasteiger partial charge in [-0.2, -0.15) is 4.72 Å². The standard InChI is InChI=1S/C19H23Cl2N3O3S/c1-13-5-7-16(8-6-13)23-19(25)18(4-2-3-9-22)24-28(26,27)17-11-14(20)10-15(21)12-17/h5-8,10-12,18,24H,2-4,9,22H2,1H3,(H,23,25)/t18-/m0/s1. The molecule has 28 heavy (non-hydrogen) atoms. The maximum absolute atomic E-state index is 12.7. The van der Waals surface area contributed by atoms with Crippen LogP contribution in [0, 0.1) is 6.92 Å². The Morgan fingerprint density at radius 2 is 1.68 bits per heavy atom. The van der Waals surface area contributed by atoms with E-state index in [0.29, 0.717) is 31.5 Å². The van der Waals surface area contributed by atoms with Crippen LogP contribution in [0.5, 0.6) is 0 Å². The molecular formula is C19H23Cl2N3O3S. The summed E-state index contributed by atoms with van der Waals surface area (Å²) in [6, 6.07) is 10.3. The van der Waals surface area contributed by atoms with Crippen LogP contribution in [0.4, 0.5) is 5.69 Å². The van der Waals surface area contributed by atoms with Crippen LogP contribution in [-0.4, -0.2) is 26.9 Å². The van der Waals surface area contributed by atoms with E-state index >= 15 is 0 Å². The van der Waals surface area contributed by atoms with E-state index in [1.54, 1.807) is 12.1 Å². The molecule has 0 spiro atoms. The van der Waals surface area contributed by atoms with Crippen molar-refractivity contribution in [3.63, 3.8) is 0 Å². The summed E-state index contributed by atoms with van der Waals surface area (Å²) in [6.45, 7) is 2.40. The summed E-state index contributed by atoms with van der Waals surface area (Å²) >= 11 is 11.8. The smallest absolute Gasteiger partial charge is 0.242 e. The molecule has 2 aromatic rings. The number of hydrogen-bond donors (Lipinski definition) is 3. The summed E-state index contributed by atoms with van der Waals surface area (Å²) in [5.74, 6) is -0.447. The maximum atomic E-state index is 12.7. The fourth-order valence-electron chi connectivity index (χ4n) is 2.54. The van der Waals surface area contributed by atoms with Crippen molar-refractivity contribution < 1.29 is 13.2 Å². The number of nitrogens with one attached hydrogen (secondary N) is 2. The summed E-state index contributed by atoms with van der Waals surface area (Å²) in [7, 11) is -4.00. The van der Waals surface area contributed by atoms with E-state index in [4.69, 9.17) is 28.9 Å². The predicted octanol–water partition coefficient (Wildman–Crippen LogP) is 3.72. The second-order valence-electron chi connectivity index (χ2n) is 6.42. The molecule has 9 heteroatoms. The number of carbonyl (C=O) groups excluding carboxylic acids is 1. The van der Waals surface area contributed by atoms with Crippen LogP contribution in [0.1, 0.15) is 24.8 Å². The molecule has 152 valence electrons. The Kier molecular flexibility index (Phi) is 8.27. The molecule has 0 aliphatic heterocycles. The monoisotopic (exact) mass is 443 g/mol. The van der Waals surface area contributed by atoms with Gasteiger partial charge < -0.3 is 11.1 Å². The molecule has 0 aliphatic carbocycles. The van der Waals surface area contributed by atoms with Gasteiger partial charge in [0.05, 0.1) is 4.90 Å². The number of anilines is 1. The normalized spacial score (nSPS) is 12.6. The Morgan fingerprint density at radius 3 is 2.25 bits per heavy atom. The average molecular weight is 444 g/mol. The van der Waals surface area contributed by atoms with Crippen molar-refractivity contribution in [3.8, 4) is 0 Å². The molecule has 2 aromatic carbocycles. The largest absolute Gasteiger partial charge is 0.330 e. The van der Waals surface area contributed by atoms with Crippen molar-refractivity contribution in [2.75, 3.05) is 11.9 Å². The first-order chi connectivity index (χ1) is 13.2. The highest BCUT2D eigenvalue weighted by Crippen LogP contribution is 2.23. The Balaban J connectivity index is 2.21. The van der Waals surface area contributed by atoms with Crippen molar-refractivity contribution in [1.29, 1.82) is 0 Å². The highest BCUT2D eigenvalue weighted by molar-refractivity contribution is 7.89. The Bertz CT molecular complexity index is 898. The van der Waals surface area contributed by atoms with Crippen LogP contribution in [0.15, 0.2) is 47.4 Å². The molecular weight excluding hydrogens is 421 g/mol. The zero-order valence-electron chi connectivity index (χ0n) is 15.4. The van der Waals surface area contributed by atoms with Gasteiger partial charge in [0.25, 0.3) is 0 Å². The predicted molar refractivity (Wildman–Crippen MR) is 113 cm³/mol. The third kappa shape index (κ3) is 6.76. The lowest BCUT2D eigenvalue weighted by Crippen LogP contribution is -2.43. The molecule has 1 atom stereocenters. The number of hydrogen-bond acceptors (Lipinski definition) is 4. The number of amides is 1. The zero-order chi connectivity index (χ0) is 20.7. The molecule has 1 amide bonds. The van der Waals surface area contributed by atoms with E-state index in [1.807, 2.05) is 19.1 Å². The Hall–Kier alpha value is -1.64. The summed E-state index contributed by atoms with van der Waals surface area (Å²) in [5, 5.41) is 3.13. The molecule has 0 saturated carbocycles. The van der Waals surface area contributed by atoms with E-state index in [0.717, 1.165) is 5.56 Å². The number of benzene rings is 2. The summed E-state index contributed by atoms with van der Waals surface area (Å²) < 4.78 is 28.0. The van der Waals surface area contributed by atoms with Crippen molar-refractivity contribution in [2.24, 2.45) is 5.73 Å². The van der Waals surface area contributed by atoms with Gasteiger partial charge >= 0.3 is 0 Å². The van der Waals surface area contributed by atoms with Gasteiger partial charge in [-0.15, -0.1) is 0 Å². The SMILES string of the molecule is Cc1ccc(NC(=O)[C@H](CCCCN)NS(=O)(=O)c2cc(Cl)cc(Cl)c2)cc1. The second kappa shape index (κ2) is 10.2. The molecule has 0 bridgehead atoms. The fourth-order valence-corrected chi connectivity index (χ4v) is 4.50. The molecule has 0 aliphatic rings. The average Bonchev–Trinajstić information content (AvgIpc) is 2.62. The third-order valence-electron chi connectivity index (χ3n) is 4.03. The van der Waals surface area contributed by atoms with Gasteiger partial charge in [-0.05, 0) is 56.6 Å². The molecule has 0 aromatic heterocycles. The van der Waals surface area contributed by atoms with Crippen LogP contribution >= 0.6 is 23.2 Å². The van der Waals surface area contributed by atoms with Gasteiger partial charge in [0.2, 0.25) is 15.9 Å². The molecule has 6 nitrogen and oxygen atoms in total. The van der Waals surface area contributed by atoms with Crippen molar-refractivity contribution >= 4 is 44.8 Å². The lowest BCUT2D eigenvalue weighted by Gasteiger charge is -2.19. The third-order valence-corrected chi connectivity index (χ3v) is 5.91. The van der Waals surface area contributed by atoms with Crippen molar-refractivity contribution in [1.82, 2.24) is 4.72 Å². The molecule has 2 rings (SSSR count). The van der Waals surface area contributed by atoms with Gasteiger partial charge in [0, 0.05) is 15.7 Å². The van der Waals surface area contributed by atoms with Crippen LogP contribution in [0.2, 0.25) is 10.0 Å². The summed E-state index contributed by atoms with van der Waals surface area (Å²) in [5.41, 5.74) is 7.15. The van der Waals surface area contributed by atoms with Crippen LogP contribution in [0.3, 0.4) is 0 Å². The zero-order valence-corrected chi connectivity index (χ0v) is 17.7. The van der Waals surface area contributed by atoms with E-state index in [1.165, 1.54) is 18.2 Å². The van der Waals surface area contributed by atoms with Gasteiger partial charge in [-0.25, -0.2) is 8.42 Å². The quantitative estimate of drug-likeness (QED) is 0.513. The Labute approximate surface area is 175 Å². The van der Waals surface area contributed by atoms with Gasteiger partial charge in [-0.3, -0.25) is 4.79 Å². The van der Waals surface area contributed by atoms with Crippen molar-refractivity contribution in [3.05, 3.63) is 58.1 Å². The molecule has 0 fully saturated rings. The van der Waals surface area contributed by atoms with Crippen molar-refractivity contribution in [2.45, 2.75) is 37.1 Å². The number of unbranched alkanes of at least 4 members (excludes halogenated alkanes) is 1. The number of aryl methyl sites for hydroxylation is 1. The minimum atomic E-state index is -4.00. The molecule has 0 unspecified atom stereocenters. The van der Waals surface area contributed by atoms with E-state index in [2.05, 4.69) is 10.0 Å². The van der Waals surface area contributed by atoms with Crippen LogP contribution < -0.4 is 15.8 Å². The highest BCUT2D eigenvalue weighted by Gasteiger charge is 2.26. The topological polar surface area (TPSA) is 101 Å². The van der Waals surface area contributed by atoms with Gasteiger partial charge in [0.1, 0.15) is 6.04 Å². The number of halogens is 2.